The van der Waals surface area contributed by atoms with Crippen LogP contribution in [0.15, 0.2) is 53.5 Å². The summed E-state index contributed by atoms with van der Waals surface area (Å²) < 4.78 is 11.1. The minimum Gasteiger partial charge on any atom is -0.494 e. The van der Waals surface area contributed by atoms with Gasteiger partial charge in [-0.15, -0.1) is 0 Å². The molecular formula is C19H24N2O2. The van der Waals surface area contributed by atoms with Crippen LogP contribution < -0.4 is 14.8 Å². The van der Waals surface area contributed by atoms with Crippen LogP contribution in [0.3, 0.4) is 0 Å². The SMILES string of the molecule is CCOc1ccc(NC(C)=Nc2ccc(OC(C)C)cc2)cc1. The van der Waals surface area contributed by atoms with E-state index < -0.39 is 0 Å². The molecule has 2 aromatic rings. The Kier molecular flexibility index (Phi) is 6.03. The summed E-state index contributed by atoms with van der Waals surface area (Å²) in [6.45, 7) is 8.60. The molecule has 4 nitrogen and oxygen atoms in total. The number of nitrogens with one attached hydrogen (secondary N) is 1. The Hall–Kier alpha value is -2.49. The third kappa shape index (κ3) is 5.66. The lowest BCUT2D eigenvalue weighted by atomic mass is 10.3. The molecular weight excluding hydrogens is 288 g/mol. The van der Waals surface area contributed by atoms with Crippen LogP contribution in [0.5, 0.6) is 11.5 Å². The topological polar surface area (TPSA) is 42.8 Å². The Morgan fingerprint density at radius 2 is 1.61 bits per heavy atom. The summed E-state index contributed by atoms with van der Waals surface area (Å²) in [6.07, 6.45) is 0.174. The Morgan fingerprint density at radius 1 is 1.00 bits per heavy atom. The number of hydrogen-bond donors (Lipinski definition) is 1. The maximum Gasteiger partial charge on any atom is 0.119 e. The highest BCUT2D eigenvalue weighted by Crippen LogP contribution is 2.20. The number of amidine groups is 1. The van der Waals surface area contributed by atoms with E-state index in [-0.39, 0.29) is 6.10 Å². The van der Waals surface area contributed by atoms with Gasteiger partial charge in [-0.1, -0.05) is 0 Å². The largest absolute Gasteiger partial charge is 0.494 e. The van der Waals surface area contributed by atoms with E-state index in [1.54, 1.807) is 0 Å². The highest BCUT2D eigenvalue weighted by Gasteiger charge is 1.99. The van der Waals surface area contributed by atoms with E-state index in [0.717, 1.165) is 28.7 Å². The van der Waals surface area contributed by atoms with Gasteiger partial charge in [-0.25, -0.2) is 4.99 Å². The number of benzene rings is 2. The fourth-order valence-corrected chi connectivity index (χ4v) is 2.10. The highest BCUT2D eigenvalue weighted by molar-refractivity contribution is 5.95. The van der Waals surface area contributed by atoms with E-state index in [4.69, 9.17) is 9.47 Å². The van der Waals surface area contributed by atoms with Gasteiger partial charge in [0.1, 0.15) is 17.3 Å². The molecule has 4 heteroatoms. The molecule has 2 aromatic carbocycles. The molecule has 0 fully saturated rings. The van der Waals surface area contributed by atoms with Crippen molar-refractivity contribution in [3.63, 3.8) is 0 Å². The first kappa shape index (κ1) is 16.9. The number of hydrogen-bond acceptors (Lipinski definition) is 3. The summed E-state index contributed by atoms with van der Waals surface area (Å²) in [7, 11) is 0. The van der Waals surface area contributed by atoms with Crippen LogP contribution >= 0.6 is 0 Å². The lowest BCUT2D eigenvalue weighted by Gasteiger charge is -2.10. The summed E-state index contributed by atoms with van der Waals surface area (Å²) in [5, 5.41) is 3.27. The monoisotopic (exact) mass is 312 g/mol. The van der Waals surface area contributed by atoms with Crippen molar-refractivity contribution in [2.75, 3.05) is 11.9 Å². The van der Waals surface area contributed by atoms with Crippen LogP contribution in [0.4, 0.5) is 11.4 Å². The molecule has 0 atom stereocenters. The van der Waals surface area contributed by atoms with Crippen molar-refractivity contribution >= 4 is 17.2 Å². The molecule has 0 spiro atoms. The van der Waals surface area contributed by atoms with Gasteiger partial charge in [0.25, 0.3) is 0 Å². The zero-order valence-electron chi connectivity index (χ0n) is 14.2. The molecule has 0 radical (unpaired) electrons. The molecule has 0 saturated carbocycles. The Labute approximate surface area is 138 Å². The van der Waals surface area contributed by atoms with Crippen molar-refractivity contribution in [2.45, 2.75) is 33.8 Å². The summed E-state index contributed by atoms with van der Waals surface area (Å²) in [5.74, 6) is 2.55. The number of ether oxygens (including phenoxy) is 2. The van der Waals surface area contributed by atoms with Crippen molar-refractivity contribution in [1.82, 2.24) is 0 Å². The summed E-state index contributed by atoms with van der Waals surface area (Å²) in [5.41, 5.74) is 1.87. The van der Waals surface area contributed by atoms with Gasteiger partial charge in [-0.3, -0.25) is 0 Å². The maximum atomic E-state index is 5.62. The third-order valence-corrected chi connectivity index (χ3v) is 3.00. The molecule has 0 saturated heterocycles. The van der Waals surface area contributed by atoms with Crippen LogP contribution in [0.2, 0.25) is 0 Å². The third-order valence-electron chi connectivity index (χ3n) is 3.00. The second-order valence-electron chi connectivity index (χ2n) is 5.44. The normalized spacial score (nSPS) is 11.4. The van der Waals surface area contributed by atoms with Crippen molar-refractivity contribution < 1.29 is 9.47 Å². The predicted molar refractivity (Wildman–Crippen MR) is 96.2 cm³/mol. The van der Waals surface area contributed by atoms with Crippen LogP contribution in [0.1, 0.15) is 27.7 Å². The quantitative estimate of drug-likeness (QED) is 0.600. The second-order valence-corrected chi connectivity index (χ2v) is 5.44. The fraction of sp³-hybridized carbons (Fsp3) is 0.316. The highest BCUT2D eigenvalue weighted by atomic mass is 16.5. The van der Waals surface area contributed by atoms with Gasteiger partial charge in [0, 0.05) is 5.69 Å². The van der Waals surface area contributed by atoms with Crippen molar-refractivity contribution in [3.05, 3.63) is 48.5 Å². The average Bonchev–Trinajstić information content (AvgIpc) is 2.51. The van der Waals surface area contributed by atoms with Crippen molar-refractivity contribution in [3.8, 4) is 11.5 Å². The Balaban J connectivity index is 1.98. The zero-order chi connectivity index (χ0) is 16.7. The Bertz CT molecular complexity index is 631. The van der Waals surface area contributed by atoms with Crippen molar-refractivity contribution in [1.29, 1.82) is 0 Å². The fourth-order valence-electron chi connectivity index (χ4n) is 2.10. The molecule has 0 aromatic heterocycles. The standard InChI is InChI=1S/C19H24N2O2/c1-5-22-18-10-6-16(7-11-18)20-15(4)21-17-8-12-19(13-9-17)23-14(2)3/h6-14H,5H2,1-4H3,(H,20,21). The van der Waals surface area contributed by atoms with Gasteiger partial charge < -0.3 is 14.8 Å². The first-order valence-corrected chi connectivity index (χ1v) is 7.88. The summed E-state index contributed by atoms with van der Waals surface area (Å²) in [4.78, 5) is 4.55. The molecule has 1 N–H and O–H groups in total. The van der Waals surface area contributed by atoms with Crippen LogP contribution in [-0.4, -0.2) is 18.5 Å². The van der Waals surface area contributed by atoms with E-state index in [0.29, 0.717) is 6.61 Å². The minimum absolute atomic E-state index is 0.174. The van der Waals surface area contributed by atoms with Gasteiger partial charge in [0.2, 0.25) is 0 Å². The molecule has 0 aliphatic heterocycles. The van der Waals surface area contributed by atoms with Gasteiger partial charge in [0.15, 0.2) is 0 Å². The smallest absolute Gasteiger partial charge is 0.119 e. The van der Waals surface area contributed by atoms with Crippen LogP contribution in [-0.2, 0) is 0 Å². The van der Waals surface area contributed by atoms with Crippen LogP contribution in [0.25, 0.3) is 0 Å². The molecule has 0 unspecified atom stereocenters. The Morgan fingerprint density at radius 3 is 2.17 bits per heavy atom. The van der Waals surface area contributed by atoms with Gasteiger partial charge in [0.05, 0.1) is 18.4 Å². The number of nitrogens with zero attached hydrogens (tertiary/aromatic N) is 1. The lowest BCUT2D eigenvalue weighted by Crippen LogP contribution is -2.06. The van der Waals surface area contributed by atoms with E-state index in [2.05, 4.69) is 10.3 Å². The predicted octanol–water partition coefficient (Wildman–Crippen LogP) is 5.03. The molecule has 0 aliphatic carbocycles. The number of aliphatic imine (C=N–C) groups is 1. The molecule has 0 bridgehead atoms. The first-order chi connectivity index (χ1) is 11.1. The van der Waals surface area contributed by atoms with E-state index in [1.165, 1.54) is 0 Å². The summed E-state index contributed by atoms with van der Waals surface area (Å²) in [6, 6.07) is 15.6. The molecule has 0 amide bonds. The molecule has 0 heterocycles. The summed E-state index contributed by atoms with van der Waals surface area (Å²) >= 11 is 0. The second kappa shape index (κ2) is 8.22. The first-order valence-electron chi connectivity index (χ1n) is 7.88. The van der Waals surface area contributed by atoms with Gasteiger partial charge >= 0.3 is 0 Å². The molecule has 122 valence electrons. The number of rotatable bonds is 6. The zero-order valence-corrected chi connectivity index (χ0v) is 14.2. The number of anilines is 1. The van der Waals surface area contributed by atoms with Gasteiger partial charge in [-0.2, -0.15) is 0 Å². The van der Waals surface area contributed by atoms with Gasteiger partial charge in [-0.05, 0) is 76.2 Å². The van der Waals surface area contributed by atoms with E-state index in [1.807, 2.05) is 76.2 Å². The van der Waals surface area contributed by atoms with Crippen LogP contribution in [0, 0.1) is 0 Å². The minimum atomic E-state index is 0.174. The molecule has 0 aliphatic rings. The lowest BCUT2D eigenvalue weighted by molar-refractivity contribution is 0.242. The maximum absolute atomic E-state index is 5.62. The molecule has 23 heavy (non-hydrogen) atoms. The van der Waals surface area contributed by atoms with Crippen molar-refractivity contribution in [2.24, 2.45) is 4.99 Å². The molecule has 2 rings (SSSR count). The van der Waals surface area contributed by atoms with E-state index in [9.17, 15) is 0 Å². The average molecular weight is 312 g/mol. The van der Waals surface area contributed by atoms with E-state index >= 15 is 0 Å².